The summed E-state index contributed by atoms with van der Waals surface area (Å²) in [6, 6.07) is 10.2. The second-order valence-corrected chi connectivity index (χ2v) is 3.51. The molecule has 1 unspecified atom stereocenters. The number of hydrogen-bond donors (Lipinski definition) is 0. The molecule has 0 amide bonds. The monoisotopic (exact) mass is 225 g/mol. The van der Waals surface area contributed by atoms with Gasteiger partial charge in [-0.15, -0.1) is 11.6 Å². The van der Waals surface area contributed by atoms with E-state index in [0.717, 1.165) is 6.42 Å². The van der Waals surface area contributed by atoms with E-state index < -0.39 is 0 Å². The standard InChI is InChI=1S/C11H12ClNS/c12-8-11(6-7-13-9-14)10-4-2-1-3-5-10/h1-5,11H,6-8H2. The van der Waals surface area contributed by atoms with Gasteiger partial charge in [0.1, 0.15) is 0 Å². The van der Waals surface area contributed by atoms with Gasteiger partial charge in [-0.1, -0.05) is 30.3 Å². The Bertz CT molecular complexity index is 306. The molecule has 0 aromatic heterocycles. The van der Waals surface area contributed by atoms with Crippen molar-refractivity contribution in [3.05, 3.63) is 35.9 Å². The number of hydrogen-bond acceptors (Lipinski definition) is 2. The molecule has 1 rings (SSSR count). The Morgan fingerprint density at radius 3 is 2.64 bits per heavy atom. The van der Waals surface area contributed by atoms with Gasteiger partial charge in [0, 0.05) is 12.4 Å². The van der Waals surface area contributed by atoms with Crippen molar-refractivity contribution in [3.63, 3.8) is 0 Å². The number of nitrogens with zero attached hydrogens (tertiary/aromatic N) is 1. The summed E-state index contributed by atoms with van der Waals surface area (Å²) < 4.78 is 0. The molecule has 0 fully saturated rings. The number of benzene rings is 1. The summed E-state index contributed by atoms with van der Waals surface area (Å²) in [7, 11) is 0. The first-order valence-corrected chi connectivity index (χ1v) is 5.47. The van der Waals surface area contributed by atoms with Gasteiger partial charge in [-0.25, -0.2) is 4.99 Å². The third-order valence-corrected chi connectivity index (χ3v) is 2.61. The summed E-state index contributed by atoms with van der Waals surface area (Å²) in [6.45, 7) is 0.704. The zero-order chi connectivity index (χ0) is 10.2. The Labute approximate surface area is 94.8 Å². The van der Waals surface area contributed by atoms with Crippen LogP contribution in [0.3, 0.4) is 0 Å². The summed E-state index contributed by atoms with van der Waals surface area (Å²) in [4.78, 5) is 3.89. The number of isothiocyanates is 1. The first-order chi connectivity index (χ1) is 6.88. The lowest BCUT2D eigenvalue weighted by Crippen LogP contribution is -2.02. The van der Waals surface area contributed by atoms with Crippen LogP contribution in [0, 0.1) is 0 Å². The molecule has 0 saturated carbocycles. The SMILES string of the molecule is S=C=NCCC(CCl)c1ccccc1. The predicted molar refractivity (Wildman–Crippen MR) is 64.4 cm³/mol. The number of alkyl halides is 1. The molecule has 1 aromatic rings. The van der Waals surface area contributed by atoms with E-state index >= 15 is 0 Å². The minimum Gasteiger partial charge on any atom is -0.233 e. The fourth-order valence-corrected chi connectivity index (χ4v) is 1.75. The largest absolute Gasteiger partial charge is 0.233 e. The van der Waals surface area contributed by atoms with Crippen LogP contribution in [-0.4, -0.2) is 17.6 Å². The van der Waals surface area contributed by atoms with E-state index in [9.17, 15) is 0 Å². The van der Waals surface area contributed by atoms with Crippen molar-refractivity contribution in [2.24, 2.45) is 4.99 Å². The van der Waals surface area contributed by atoms with E-state index in [1.165, 1.54) is 5.56 Å². The van der Waals surface area contributed by atoms with Gasteiger partial charge in [-0.05, 0) is 30.1 Å². The van der Waals surface area contributed by atoms with Crippen molar-refractivity contribution in [2.75, 3.05) is 12.4 Å². The van der Waals surface area contributed by atoms with Gasteiger partial charge in [0.2, 0.25) is 0 Å². The van der Waals surface area contributed by atoms with Gasteiger partial charge in [0.15, 0.2) is 0 Å². The van der Waals surface area contributed by atoms with Crippen LogP contribution in [0.1, 0.15) is 17.9 Å². The van der Waals surface area contributed by atoms with Crippen LogP contribution in [0.5, 0.6) is 0 Å². The fourth-order valence-electron chi connectivity index (χ4n) is 1.32. The average molecular weight is 226 g/mol. The molecule has 74 valence electrons. The first kappa shape index (κ1) is 11.4. The molecule has 0 aliphatic rings. The smallest absolute Gasteiger partial charge is 0.0584 e. The Balaban J connectivity index is 2.58. The van der Waals surface area contributed by atoms with Crippen molar-refractivity contribution < 1.29 is 0 Å². The van der Waals surface area contributed by atoms with Crippen LogP contribution < -0.4 is 0 Å². The Hall–Kier alpha value is -0.690. The topological polar surface area (TPSA) is 12.4 Å². The molecule has 14 heavy (non-hydrogen) atoms. The van der Waals surface area contributed by atoms with E-state index in [-0.39, 0.29) is 0 Å². The highest BCUT2D eigenvalue weighted by Crippen LogP contribution is 2.20. The summed E-state index contributed by atoms with van der Waals surface area (Å²) in [5.74, 6) is 0.988. The molecule has 1 nitrogen and oxygen atoms in total. The molecular weight excluding hydrogens is 214 g/mol. The molecule has 0 radical (unpaired) electrons. The number of halogens is 1. The van der Waals surface area contributed by atoms with Crippen LogP contribution >= 0.6 is 23.8 Å². The Morgan fingerprint density at radius 2 is 2.07 bits per heavy atom. The van der Waals surface area contributed by atoms with E-state index in [4.69, 9.17) is 11.6 Å². The minimum atomic E-state index is 0.366. The molecule has 1 aromatic carbocycles. The highest BCUT2D eigenvalue weighted by Gasteiger charge is 2.08. The molecule has 3 heteroatoms. The second kappa shape index (κ2) is 6.72. The summed E-state index contributed by atoms with van der Waals surface area (Å²) in [5.41, 5.74) is 1.27. The maximum atomic E-state index is 5.89. The normalized spacial score (nSPS) is 11.8. The molecule has 1 atom stereocenters. The molecule has 0 N–H and O–H groups in total. The molecule has 0 saturated heterocycles. The van der Waals surface area contributed by atoms with Gasteiger partial charge in [0.25, 0.3) is 0 Å². The van der Waals surface area contributed by atoms with E-state index in [0.29, 0.717) is 18.3 Å². The lowest BCUT2D eigenvalue weighted by atomic mass is 9.98. The number of aliphatic imine (C=N–C) groups is 1. The quantitative estimate of drug-likeness (QED) is 0.425. The second-order valence-electron chi connectivity index (χ2n) is 3.02. The zero-order valence-electron chi connectivity index (χ0n) is 7.82. The average Bonchev–Trinajstić information content (AvgIpc) is 2.26. The maximum absolute atomic E-state index is 5.89. The first-order valence-electron chi connectivity index (χ1n) is 4.53. The highest BCUT2D eigenvalue weighted by molar-refractivity contribution is 7.78. The van der Waals surface area contributed by atoms with Gasteiger partial charge in [0.05, 0.1) is 5.16 Å². The Kier molecular flexibility index (Phi) is 5.46. The number of rotatable bonds is 5. The van der Waals surface area contributed by atoms with Crippen molar-refractivity contribution in [1.29, 1.82) is 0 Å². The van der Waals surface area contributed by atoms with Crippen LogP contribution in [0.2, 0.25) is 0 Å². The summed E-state index contributed by atoms with van der Waals surface area (Å²) in [5, 5.41) is 2.36. The minimum absolute atomic E-state index is 0.366. The van der Waals surface area contributed by atoms with Crippen LogP contribution in [0.4, 0.5) is 0 Å². The lowest BCUT2D eigenvalue weighted by molar-refractivity contribution is 0.698. The molecule has 0 bridgehead atoms. The van der Waals surface area contributed by atoms with E-state index in [2.05, 4.69) is 34.5 Å². The van der Waals surface area contributed by atoms with Crippen molar-refractivity contribution in [2.45, 2.75) is 12.3 Å². The van der Waals surface area contributed by atoms with Gasteiger partial charge >= 0.3 is 0 Å². The molecule has 0 aliphatic carbocycles. The van der Waals surface area contributed by atoms with Crippen LogP contribution in [-0.2, 0) is 0 Å². The van der Waals surface area contributed by atoms with Gasteiger partial charge in [-0.2, -0.15) is 0 Å². The van der Waals surface area contributed by atoms with Gasteiger partial charge < -0.3 is 0 Å². The molecular formula is C11H12ClNS. The fraction of sp³-hybridized carbons (Fsp3) is 0.364. The summed E-state index contributed by atoms with van der Waals surface area (Å²) >= 11 is 10.4. The summed E-state index contributed by atoms with van der Waals surface area (Å²) in [6.07, 6.45) is 0.928. The van der Waals surface area contributed by atoms with Crippen molar-refractivity contribution >= 4 is 29.0 Å². The van der Waals surface area contributed by atoms with Crippen LogP contribution in [0.25, 0.3) is 0 Å². The van der Waals surface area contributed by atoms with Crippen LogP contribution in [0.15, 0.2) is 35.3 Å². The zero-order valence-corrected chi connectivity index (χ0v) is 9.39. The Morgan fingerprint density at radius 1 is 1.36 bits per heavy atom. The van der Waals surface area contributed by atoms with Gasteiger partial charge in [-0.3, -0.25) is 0 Å². The van der Waals surface area contributed by atoms with E-state index in [1.54, 1.807) is 0 Å². The van der Waals surface area contributed by atoms with E-state index in [1.807, 2.05) is 18.2 Å². The molecule has 0 aliphatic heterocycles. The van der Waals surface area contributed by atoms with Crippen molar-refractivity contribution in [1.82, 2.24) is 0 Å². The van der Waals surface area contributed by atoms with Crippen molar-refractivity contribution in [3.8, 4) is 0 Å². The molecule has 0 spiro atoms. The third-order valence-electron chi connectivity index (χ3n) is 2.11. The predicted octanol–water partition coefficient (Wildman–Crippen LogP) is 3.50. The lowest BCUT2D eigenvalue weighted by Gasteiger charge is -2.11. The number of thiocarbonyl (C=S) groups is 1. The highest BCUT2D eigenvalue weighted by atomic mass is 35.5. The molecule has 0 heterocycles. The third kappa shape index (κ3) is 3.59. The maximum Gasteiger partial charge on any atom is 0.0584 e.